The summed E-state index contributed by atoms with van der Waals surface area (Å²) in [5.74, 6) is 0.651. The van der Waals surface area contributed by atoms with Crippen molar-refractivity contribution in [2.45, 2.75) is 17.1 Å². The summed E-state index contributed by atoms with van der Waals surface area (Å²) in [7, 11) is 3.49. The lowest BCUT2D eigenvalue weighted by atomic mass is 10.6. The highest BCUT2D eigenvalue weighted by Crippen LogP contribution is 2.26. The average molecular weight is 254 g/mol. The molecule has 0 radical (unpaired) electrons. The van der Waals surface area contributed by atoms with E-state index in [-0.39, 0.29) is 5.03 Å². The standard InChI is InChI=1S/C9H11FN6S/c1-5-14-15-9(16(5)3)17-7-6(10)4-12-8(11-2)13-7/h4H,1-3H3,(H,11,12,13). The molecule has 1 N–H and O–H groups in total. The zero-order valence-corrected chi connectivity index (χ0v) is 10.4. The molecule has 2 aromatic heterocycles. The average Bonchev–Trinajstić information content (AvgIpc) is 2.64. The van der Waals surface area contributed by atoms with Gasteiger partial charge in [0.05, 0.1) is 6.20 Å². The zero-order chi connectivity index (χ0) is 12.4. The Morgan fingerprint density at radius 3 is 2.76 bits per heavy atom. The van der Waals surface area contributed by atoms with E-state index in [0.29, 0.717) is 11.1 Å². The second kappa shape index (κ2) is 4.66. The molecule has 2 aromatic rings. The van der Waals surface area contributed by atoms with Crippen LogP contribution in [0.2, 0.25) is 0 Å². The summed E-state index contributed by atoms with van der Waals surface area (Å²) in [6, 6.07) is 0. The quantitative estimate of drug-likeness (QED) is 0.831. The van der Waals surface area contributed by atoms with Crippen molar-refractivity contribution in [1.82, 2.24) is 24.7 Å². The molecule has 17 heavy (non-hydrogen) atoms. The Balaban J connectivity index is 2.32. The van der Waals surface area contributed by atoms with Gasteiger partial charge in [-0.25, -0.2) is 14.4 Å². The van der Waals surface area contributed by atoms with Gasteiger partial charge in [-0.15, -0.1) is 10.2 Å². The van der Waals surface area contributed by atoms with Crippen molar-refractivity contribution in [2.75, 3.05) is 12.4 Å². The normalized spacial score (nSPS) is 10.6. The molecule has 0 aliphatic carbocycles. The van der Waals surface area contributed by atoms with Gasteiger partial charge in [-0.2, -0.15) is 0 Å². The predicted octanol–water partition coefficient (Wildman–Crippen LogP) is 1.25. The minimum absolute atomic E-state index is 0.222. The van der Waals surface area contributed by atoms with E-state index in [0.717, 1.165) is 23.8 Å². The van der Waals surface area contributed by atoms with Crippen LogP contribution in [0.15, 0.2) is 16.4 Å². The lowest BCUT2D eigenvalue weighted by Crippen LogP contribution is -2.00. The van der Waals surface area contributed by atoms with E-state index in [1.165, 1.54) is 0 Å². The van der Waals surface area contributed by atoms with Gasteiger partial charge in [0.1, 0.15) is 10.9 Å². The van der Waals surface area contributed by atoms with Gasteiger partial charge in [-0.05, 0) is 18.7 Å². The van der Waals surface area contributed by atoms with Crippen molar-refractivity contribution in [2.24, 2.45) is 7.05 Å². The molecule has 90 valence electrons. The third kappa shape index (κ3) is 2.36. The molecule has 0 aliphatic heterocycles. The SMILES string of the molecule is CNc1ncc(F)c(Sc2nnc(C)n2C)n1. The molecule has 0 atom stereocenters. The van der Waals surface area contributed by atoms with Crippen molar-refractivity contribution >= 4 is 17.7 Å². The number of anilines is 1. The first kappa shape index (κ1) is 11.8. The summed E-state index contributed by atoms with van der Waals surface area (Å²) in [6.07, 6.45) is 1.13. The Morgan fingerprint density at radius 1 is 1.41 bits per heavy atom. The van der Waals surface area contributed by atoms with Crippen molar-refractivity contribution in [3.8, 4) is 0 Å². The minimum atomic E-state index is -0.477. The summed E-state index contributed by atoms with van der Waals surface area (Å²) in [5.41, 5.74) is 0. The first-order chi connectivity index (χ1) is 8.11. The van der Waals surface area contributed by atoms with Crippen molar-refractivity contribution in [3.05, 3.63) is 17.8 Å². The summed E-state index contributed by atoms with van der Waals surface area (Å²) >= 11 is 1.11. The summed E-state index contributed by atoms with van der Waals surface area (Å²) in [5, 5.41) is 11.4. The Bertz CT molecular complexity index is 540. The van der Waals surface area contributed by atoms with Crippen LogP contribution in [0, 0.1) is 12.7 Å². The Labute approximate surface area is 102 Å². The van der Waals surface area contributed by atoms with Gasteiger partial charge in [0.25, 0.3) is 0 Å². The summed E-state index contributed by atoms with van der Waals surface area (Å²) < 4.78 is 15.3. The van der Waals surface area contributed by atoms with Crippen LogP contribution in [0.25, 0.3) is 0 Å². The third-order valence-electron chi connectivity index (χ3n) is 2.18. The van der Waals surface area contributed by atoms with Gasteiger partial charge in [0.15, 0.2) is 11.0 Å². The molecule has 6 nitrogen and oxygen atoms in total. The number of hydrogen-bond acceptors (Lipinski definition) is 6. The van der Waals surface area contributed by atoms with E-state index >= 15 is 0 Å². The molecule has 0 bridgehead atoms. The monoisotopic (exact) mass is 254 g/mol. The predicted molar refractivity (Wildman–Crippen MR) is 61.4 cm³/mol. The number of aromatic nitrogens is 5. The Kier molecular flexibility index (Phi) is 3.23. The lowest BCUT2D eigenvalue weighted by Gasteiger charge is -2.03. The van der Waals surface area contributed by atoms with Crippen LogP contribution in [-0.2, 0) is 7.05 Å². The maximum atomic E-state index is 13.5. The smallest absolute Gasteiger partial charge is 0.223 e. The molecule has 0 fully saturated rings. The molecule has 2 rings (SSSR count). The molecule has 0 aliphatic rings. The third-order valence-corrected chi connectivity index (χ3v) is 3.19. The molecular weight excluding hydrogens is 243 g/mol. The Hall–Kier alpha value is -1.70. The lowest BCUT2D eigenvalue weighted by molar-refractivity contribution is 0.579. The molecule has 0 spiro atoms. The molecule has 0 saturated carbocycles. The van der Waals surface area contributed by atoms with E-state index in [4.69, 9.17) is 0 Å². The van der Waals surface area contributed by atoms with Crippen molar-refractivity contribution in [3.63, 3.8) is 0 Å². The van der Waals surface area contributed by atoms with Gasteiger partial charge in [0, 0.05) is 14.1 Å². The number of hydrogen-bond donors (Lipinski definition) is 1. The summed E-state index contributed by atoms with van der Waals surface area (Å²) in [6.45, 7) is 1.83. The number of halogens is 1. The topological polar surface area (TPSA) is 68.5 Å². The van der Waals surface area contributed by atoms with Gasteiger partial charge >= 0.3 is 0 Å². The number of nitrogens with zero attached hydrogens (tertiary/aromatic N) is 5. The number of nitrogens with one attached hydrogen (secondary N) is 1. The van der Waals surface area contributed by atoms with E-state index in [9.17, 15) is 4.39 Å². The van der Waals surface area contributed by atoms with Crippen LogP contribution in [0.3, 0.4) is 0 Å². The number of aryl methyl sites for hydroxylation is 1. The molecule has 2 heterocycles. The molecule has 8 heteroatoms. The highest BCUT2D eigenvalue weighted by Gasteiger charge is 2.13. The molecular formula is C9H11FN6S. The van der Waals surface area contributed by atoms with E-state index in [1.54, 1.807) is 11.6 Å². The fourth-order valence-electron chi connectivity index (χ4n) is 1.11. The fraction of sp³-hybridized carbons (Fsp3) is 0.333. The molecule has 0 saturated heterocycles. The highest BCUT2D eigenvalue weighted by molar-refractivity contribution is 7.99. The van der Waals surface area contributed by atoms with Gasteiger partial charge in [0.2, 0.25) is 5.95 Å². The second-order valence-corrected chi connectivity index (χ2v) is 4.24. The van der Waals surface area contributed by atoms with Crippen LogP contribution < -0.4 is 5.32 Å². The number of rotatable bonds is 3. The van der Waals surface area contributed by atoms with E-state index in [2.05, 4.69) is 25.5 Å². The molecule has 0 aromatic carbocycles. The summed E-state index contributed by atoms with van der Waals surface area (Å²) in [4.78, 5) is 7.79. The highest BCUT2D eigenvalue weighted by atomic mass is 32.2. The second-order valence-electron chi connectivity index (χ2n) is 3.29. The van der Waals surface area contributed by atoms with Crippen LogP contribution >= 0.6 is 11.8 Å². The van der Waals surface area contributed by atoms with Crippen LogP contribution in [0.4, 0.5) is 10.3 Å². The largest absolute Gasteiger partial charge is 0.357 e. The van der Waals surface area contributed by atoms with Crippen LogP contribution in [-0.4, -0.2) is 31.8 Å². The fourth-order valence-corrected chi connectivity index (χ4v) is 1.91. The van der Waals surface area contributed by atoms with Gasteiger partial charge < -0.3 is 9.88 Å². The maximum Gasteiger partial charge on any atom is 0.223 e. The van der Waals surface area contributed by atoms with E-state index in [1.807, 2.05) is 14.0 Å². The zero-order valence-electron chi connectivity index (χ0n) is 9.60. The molecule has 0 unspecified atom stereocenters. The maximum absolute atomic E-state index is 13.5. The van der Waals surface area contributed by atoms with Crippen molar-refractivity contribution < 1.29 is 4.39 Å². The van der Waals surface area contributed by atoms with Crippen molar-refractivity contribution in [1.29, 1.82) is 0 Å². The minimum Gasteiger partial charge on any atom is -0.357 e. The van der Waals surface area contributed by atoms with Crippen LogP contribution in [0.5, 0.6) is 0 Å². The molecule has 0 amide bonds. The van der Waals surface area contributed by atoms with Crippen LogP contribution in [0.1, 0.15) is 5.82 Å². The first-order valence-corrected chi connectivity index (χ1v) is 5.67. The first-order valence-electron chi connectivity index (χ1n) is 4.86. The van der Waals surface area contributed by atoms with Gasteiger partial charge in [-0.1, -0.05) is 0 Å². The van der Waals surface area contributed by atoms with E-state index < -0.39 is 5.82 Å². The van der Waals surface area contributed by atoms with Gasteiger partial charge in [-0.3, -0.25) is 0 Å². The Morgan fingerprint density at radius 2 is 2.18 bits per heavy atom.